The quantitative estimate of drug-likeness (QED) is 0.716. The first-order valence-corrected chi connectivity index (χ1v) is 10.4. The van der Waals surface area contributed by atoms with Crippen LogP contribution in [0.15, 0.2) is 24.3 Å². The van der Waals surface area contributed by atoms with Crippen molar-refractivity contribution < 1.29 is 14.3 Å². The Morgan fingerprint density at radius 3 is 2.79 bits per heavy atom. The molecule has 7 heteroatoms. The van der Waals surface area contributed by atoms with E-state index in [4.69, 9.17) is 4.74 Å². The van der Waals surface area contributed by atoms with Gasteiger partial charge in [0, 0.05) is 19.1 Å². The molecule has 0 bridgehead atoms. The Hall–Kier alpha value is -2.83. The molecule has 7 nitrogen and oxygen atoms in total. The minimum absolute atomic E-state index is 0.0668. The van der Waals surface area contributed by atoms with Crippen molar-refractivity contribution in [1.29, 1.82) is 0 Å². The second-order valence-corrected chi connectivity index (χ2v) is 7.44. The Labute approximate surface area is 171 Å². The molecule has 1 aromatic heterocycles. The first-order chi connectivity index (χ1) is 14.0. The van der Waals surface area contributed by atoms with Crippen molar-refractivity contribution in [2.45, 2.75) is 58.5 Å². The number of para-hydroxylation sites is 1. The van der Waals surface area contributed by atoms with Crippen LogP contribution in [0.5, 0.6) is 5.75 Å². The van der Waals surface area contributed by atoms with Crippen LogP contribution in [0.25, 0.3) is 0 Å². The molecule has 1 unspecified atom stereocenters. The van der Waals surface area contributed by atoms with Crippen LogP contribution in [-0.4, -0.2) is 41.1 Å². The SMILES string of the molecule is CCC(C)NC(=O)c1nc(C(=O)NCCc2ccccc2OC)c2n1CCCC2. The Morgan fingerprint density at radius 2 is 2.03 bits per heavy atom. The number of carbonyl (C=O) groups is 2. The molecule has 1 aliphatic heterocycles. The van der Waals surface area contributed by atoms with Crippen LogP contribution in [-0.2, 0) is 19.4 Å². The van der Waals surface area contributed by atoms with Crippen LogP contribution in [0.2, 0.25) is 0 Å². The van der Waals surface area contributed by atoms with E-state index in [2.05, 4.69) is 15.6 Å². The van der Waals surface area contributed by atoms with Crippen molar-refractivity contribution in [3.63, 3.8) is 0 Å². The summed E-state index contributed by atoms with van der Waals surface area (Å²) in [5.74, 6) is 0.712. The maximum atomic E-state index is 12.8. The molecule has 0 spiro atoms. The number of ether oxygens (including phenoxy) is 1. The number of amides is 2. The second-order valence-electron chi connectivity index (χ2n) is 7.44. The molecule has 0 aliphatic carbocycles. The molecular weight excluding hydrogens is 368 g/mol. The third-order valence-electron chi connectivity index (χ3n) is 5.40. The van der Waals surface area contributed by atoms with Gasteiger partial charge in [-0.25, -0.2) is 4.98 Å². The molecule has 2 aromatic rings. The summed E-state index contributed by atoms with van der Waals surface area (Å²) in [4.78, 5) is 29.9. The number of hydrogen-bond acceptors (Lipinski definition) is 4. The number of rotatable bonds is 8. The Morgan fingerprint density at radius 1 is 1.24 bits per heavy atom. The van der Waals surface area contributed by atoms with Gasteiger partial charge in [0.25, 0.3) is 11.8 Å². The number of methoxy groups -OCH3 is 1. The third kappa shape index (κ3) is 4.78. The molecule has 0 saturated heterocycles. The van der Waals surface area contributed by atoms with Crippen LogP contribution in [0.3, 0.4) is 0 Å². The molecule has 2 N–H and O–H groups in total. The predicted octanol–water partition coefficient (Wildman–Crippen LogP) is 2.73. The van der Waals surface area contributed by atoms with E-state index in [1.807, 2.05) is 42.7 Å². The lowest BCUT2D eigenvalue weighted by atomic mass is 10.1. The highest BCUT2D eigenvalue weighted by atomic mass is 16.5. The fourth-order valence-electron chi connectivity index (χ4n) is 3.59. The zero-order valence-electron chi connectivity index (χ0n) is 17.5. The van der Waals surface area contributed by atoms with Crippen LogP contribution in [0.4, 0.5) is 0 Å². The number of nitrogens with one attached hydrogen (secondary N) is 2. The fraction of sp³-hybridized carbons (Fsp3) is 0.500. The van der Waals surface area contributed by atoms with Crippen LogP contribution < -0.4 is 15.4 Å². The first kappa shape index (κ1) is 20.9. The lowest BCUT2D eigenvalue weighted by molar-refractivity contribution is 0.0923. The summed E-state index contributed by atoms with van der Waals surface area (Å²) in [6.07, 6.45) is 4.25. The van der Waals surface area contributed by atoms with Gasteiger partial charge in [0.1, 0.15) is 11.4 Å². The minimum atomic E-state index is -0.229. The summed E-state index contributed by atoms with van der Waals surface area (Å²) in [6.45, 7) is 5.18. The largest absolute Gasteiger partial charge is 0.496 e. The number of aromatic nitrogens is 2. The summed E-state index contributed by atoms with van der Waals surface area (Å²) in [6, 6.07) is 7.83. The van der Waals surface area contributed by atoms with Gasteiger partial charge in [0.2, 0.25) is 0 Å². The molecule has 1 aliphatic rings. The van der Waals surface area contributed by atoms with Gasteiger partial charge in [-0.2, -0.15) is 0 Å². The standard InChI is InChI=1S/C22H30N4O3/c1-4-15(2)24-22(28)20-25-19(17-10-7-8-14-26(17)20)21(27)23-13-12-16-9-5-6-11-18(16)29-3/h5-6,9,11,15H,4,7-8,10,12-14H2,1-3H3,(H,23,27)(H,24,28). The van der Waals surface area contributed by atoms with E-state index >= 15 is 0 Å². The summed E-state index contributed by atoms with van der Waals surface area (Å²) in [7, 11) is 1.64. The highest BCUT2D eigenvalue weighted by molar-refractivity contribution is 5.97. The Kier molecular flexibility index (Phi) is 6.90. The Balaban J connectivity index is 1.72. The van der Waals surface area contributed by atoms with E-state index in [-0.39, 0.29) is 17.9 Å². The van der Waals surface area contributed by atoms with Gasteiger partial charge >= 0.3 is 0 Å². The predicted molar refractivity (Wildman–Crippen MR) is 111 cm³/mol. The van der Waals surface area contributed by atoms with Gasteiger partial charge < -0.3 is 19.9 Å². The van der Waals surface area contributed by atoms with E-state index in [1.54, 1.807) is 7.11 Å². The van der Waals surface area contributed by atoms with Gasteiger partial charge in [-0.15, -0.1) is 0 Å². The molecule has 2 heterocycles. The molecule has 0 saturated carbocycles. The molecule has 1 atom stereocenters. The third-order valence-corrected chi connectivity index (χ3v) is 5.40. The van der Waals surface area contributed by atoms with E-state index < -0.39 is 0 Å². The van der Waals surface area contributed by atoms with E-state index in [9.17, 15) is 9.59 Å². The zero-order valence-corrected chi connectivity index (χ0v) is 17.5. The van der Waals surface area contributed by atoms with E-state index in [0.29, 0.717) is 24.5 Å². The molecule has 0 radical (unpaired) electrons. The van der Waals surface area contributed by atoms with E-state index in [1.165, 1.54) is 0 Å². The van der Waals surface area contributed by atoms with E-state index in [0.717, 1.165) is 49.2 Å². The lowest BCUT2D eigenvalue weighted by Gasteiger charge is -2.18. The van der Waals surface area contributed by atoms with Crippen molar-refractivity contribution in [2.24, 2.45) is 0 Å². The summed E-state index contributed by atoms with van der Waals surface area (Å²) in [5.41, 5.74) is 2.27. The second kappa shape index (κ2) is 9.58. The topological polar surface area (TPSA) is 85.2 Å². The van der Waals surface area contributed by atoms with Crippen molar-refractivity contribution in [3.8, 4) is 5.75 Å². The summed E-state index contributed by atoms with van der Waals surface area (Å²) >= 11 is 0. The lowest BCUT2D eigenvalue weighted by Crippen LogP contribution is -2.34. The van der Waals surface area contributed by atoms with Gasteiger partial charge in [0.15, 0.2) is 5.82 Å². The van der Waals surface area contributed by atoms with Crippen molar-refractivity contribution >= 4 is 11.8 Å². The smallest absolute Gasteiger partial charge is 0.287 e. The van der Waals surface area contributed by atoms with Crippen LogP contribution in [0.1, 0.15) is 65.5 Å². The number of carbonyl (C=O) groups excluding carboxylic acids is 2. The Bertz CT molecular complexity index is 875. The van der Waals surface area contributed by atoms with Crippen LogP contribution in [0, 0.1) is 0 Å². The number of hydrogen-bond donors (Lipinski definition) is 2. The van der Waals surface area contributed by atoms with Gasteiger partial charge in [-0.1, -0.05) is 25.1 Å². The van der Waals surface area contributed by atoms with Crippen LogP contribution >= 0.6 is 0 Å². The summed E-state index contributed by atoms with van der Waals surface area (Å²) < 4.78 is 7.27. The molecular formula is C22H30N4O3. The minimum Gasteiger partial charge on any atom is -0.496 e. The van der Waals surface area contributed by atoms with Crippen molar-refractivity contribution in [2.75, 3.05) is 13.7 Å². The number of fused-ring (bicyclic) bond motifs is 1. The average molecular weight is 399 g/mol. The van der Waals surface area contributed by atoms with Gasteiger partial charge in [0.05, 0.1) is 12.8 Å². The monoisotopic (exact) mass is 398 g/mol. The molecule has 3 rings (SSSR count). The number of benzene rings is 1. The fourth-order valence-corrected chi connectivity index (χ4v) is 3.59. The molecule has 29 heavy (non-hydrogen) atoms. The normalized spacial score (nSPS) is 14.0. The first-order valence-electron chi connectivity index (χ1n) is 10.4. The molecule has 156 valence electrons. The van der Waals surface area contributed by atoms with Crippen molar-refractivity contribution in [1.82, 2.24) is 20.2 Å². The highest BCUT2D eigenvalue weighted by Crippen LogP contribution is 2.22. The molecule has 2 amide bonds. The summed E-state index contributed by atoms with van der Waals surface area (Å²) in [5, 5.41) is 5.91. The average Bonchev–Trinajstić information content (AvgIpc) is 3.14. The zero-order chi connectivity index (χ0) is 20.8. The van der Waals surface area contributed by atoms with Gasteiger partial charge in [-0.05, 0) is 50.7 Å². The molecule has 1 aromatic carbocycles. The molecule has 0 fully saturated rings. The number of imidazole rings is 1. The van der Waals surface area contributed by atoms with Gasteiger partial charge in [-0.3, -0.25) is 9.59 Å². The maximum absolute atomic E-state index is 12.8. The highest BCUT2D eigenvalue weighted by Gasteiger charge is 2.27. The number of nitrogens with zero attached hydrogens (tertiary/aromatic N) is 2. The maximum Gasteiger partial charge on any atom is 0.287 e. The van der Waals surface area contributed by atoms with Crippen molar-refractivity contribution in [3.05, 3.63) is 47.0 Å².